The zero-order valence-electron chi connectivity index (χ0n) is 18.9. The lowest BCUT2D eigenvalue weighted by atomic mass is 9.99. The molecule has 2 aromatic carbocycles. The number of aliphatic hydroxyl groups excluding tert-OH is 1. The van der Waals surface area contributed by atoms with E-state index in [2.05, 4.69) is 16.4 Å². The highest BCUT2D eigenvalue weighted by Gasteiger charge is 2.26. The lowest BCUT2D eigenvalue weighted by Gasteiger charge is -2.30. The Labute approximate surface area is 193 Å². The number of aromatic nitrogens is 2. The first-order chi connectivity index (χ1) is 16.0. The predicted octanol–water partition coefficient (Wildman–Crippen LogP) is 3.37. The summed E-state index contributed by atoms with van der Waals surface area (Å²) in [6.45, 7) is 5.12. The number of nitrogens with one attached hydrogen (secondary N) is 1. The van der Waals surface area contributed by atoms with Gasteiger partial charge in [0, 0.05) is 42.5 Å². The van der Waals surface area contributed by atoms with Gasteiger partial charge < -0.3 is 24.9 Å². The molecule has 0 amide bonds. The Morgan fingerprint density at radius 3 is 2.94 bits per heavy atom. The van der Waals surface area contributed by atoms with Gasteiger partial charge in [-0.05, 0) is 49.2 Å². The molecule has 0 radical (unpaired) electrons. The lowest BCUT2D eigenvalue weighted by molar-refractivity contribution is 0.0844. The first kappa shape index (κ1) is 22.8. The number of rotatable bonds is 8. The number of aliphatic hydroxyl groups is 1. The minimum absolute atomic E-state index is 0.115. The number of hydrogen-bond acceptors (Lipinski definition) is 7. The van der Waals surface area contributed by atoms with Gasteiger partial charge in [0.1, 0.15) is 29.5 Å². The van der Waals surface area contributed by atoms with Gasteiger partial charge in [-0.3, -0.25) is 5.32 Å². The van der Waals surface area contributed by atoms with E-state index in [9.17, 15) is 10.4 Å². The van der Waals surface area contributed by atoms with Gasteiger partial charge in [0.15, 0.2) is 0 Å². The Morgan fingerprint density at radius 2 is 2.21 bits per heavy atom. The van der Waals surface area contributed by atoms with Crippen LogP contribution in [0.4, 0.5) is 0 Å². The SMILES string of the molecule is CC[C@@H](N)C(O)NC1CCOc2ccc(Oc3cc(Cn4cncc4C)ccc3C#N)cc21. The average Bonchev–Trinajstić information content (AvgIpc) is 3.23. The zero-order chi connectivity index (χ0) is 23.4. The molecule has 4 rings (SSSR count). The number of imidazole rings is 1. The van der Waals surface area contributed by atoms with E-state index in [4.69, 9.17) is 15.2 Å². The van der Waals surface area contributed by atoms with E-state index >= 15 is 0 Å². The van der Waals surface area contributed by atoms with Crippen LogP contribution in [0, 0.1) is 18.3 Å². The smallest absolute Gasteiger partial charge is 0.145 e. The summed E-state index contributed by atoms with van der Waals surface area (Å²) in [5.74, 6) is 1.82. The van der Waals surface area contributed by atoms with Crippen molar-refractivity contribution < 1.29 is 14.6 Å². The Bertz CT molecular complexity index is 1150. The topological polar surface area (TPSA) is 118 Å². The van der Waals surface area contributed by atoms with Crippen LogP contribution in [-0.2, 0) is 6.54 Å². The average molecular weight is 448 g/mol. The van der Waals surface area contributed by atoms with Gasteiger partial charge >= 0.3 is 0 Å². The third kappa shape index (κ3) is 5.17. The maximum atomic E-state index is 10.4. The second-order valence-electron chi connectivity index (χ2n) is 8.28. The third-order valence-electron chi connectivity index (χ3n) is 5.94. The minimum atomic E-state index is -0.816. The third-order valence-corrected chi connectivity index (χ3v) is 5.94. The van der Waals surface area contributed by atoms with Crippen molar-refractivity contribution in [2.24, 2.45) is 5.73 Å². The summed E-state index contributed by atoms with van der Waals surface area (Å²) in [7, 11) is 0. The van der Waals surface area contributed by atoms with Crippen LogP contribution in [0.5, 0.6) is 17.2 Å². The van der Waals surface area contributed by atoms with Crippen molar-refractivity contribution in [3.63, 3.8) is 0 Å². The number of benzene rings is 2. The van der Waals surface area contributed by atoms with Crippen LogP contribution in [-0.4, -0.2) is 33.5 Å². The molecule has 0 aliphatic carbocycles. The Hall–Kier alpha value is -3.38. The van der Waals surface area contributed by atoms with Crippen LogP contribution in [0.2, 0.25) is 0 Å². The summed E-state index contributed by atoms with van der Waals surface area (Å²) in [5.41, 5.74) is 9.39. The number of aryl methyl sites for hydroxylation is 1. The van der Waals surface area contributed by atoms with Crippen molar-refractivity contribution in [2.45, 2.75) is 51.5 Å². The first-order valence-corrected chi connectivity index (χ1v) is 11.1. The van der Waals surface area contributed by atoms with Gasteiger partial charge in [-0.25, -0.2) is 4.98 Å². The molecule has 0 saturated heterocycles. The van der Waals surface area contributed by atoms with Crippen molar-refractivity contribution in [2.75, 3.05) is 6.61 Å². The molecule has 2 heterocycles. The Morgan fingerprint density at radius 1 is 1.36 bits per heavy atom. The molecule has 4 N–H and O–H groups in total. The molecule has 2 unspecified atom stereocenters. The monoisotopic (exact) mass is 447 g/mol. The fourth-order valence-corrected chi connectivity index (χ4v) is 3.88. The highest BCUT2D eigenvalue weighted by atomic mass is 16.5. The fourth-order valence-electron chi connectivity index (χ4n) is 3.88. The Kier molecular flexibility index (Phi) is 6.94. The van der Waals surface area contributed by atoms with E-state index in [1.54, 1.807) is 12.4 Å². The maximum absolute atomic E-state index is 10.4. The van der Waals surface area contributed by atoms with Crippen molar-refractivity contribution >= 4 is 0 Å². The highest BCUT2D eigenvalue weighted by molar-refractivity contribution is 5.50. The molecule has 0 saturated carbocycles. The van der Waals surface area contributed by atoms with Gasteiger partial charge in [0.2, 0.25) is 0 Å². The molecule has 0 fully saturated rings. The summed E-state index contributed by atoms with van der Waals surface area (Å²) < 4.78 is 14.0. The van der Waals surface area contributed by atoms with E-state index in [1.807, 2.05) is 54.9 Å². The Balaban J connectivity index is 1.58. The number of hydrogen-bond donors (Lipinski definition) is 3. The quantitative estimate of drug-likeness (QED) is 0.453. The molecule has 3 atom stereocenters. The molecule has 8 nitrogen and oxygen atoms in total. The van der Waals surface area contributed by atoms with Gasteiger partial charge in [0.05, 0.1) is 18.5 Å². The summed E-state index contributed by atoms with van der Waals surface area (Å²) in [4.78, 5) is 4.16. The molecule has 172 valence electrons. The number of nitrogens with two attached hydrogens (primary N) is 1. The molecule has 0 spiro atoms. The van der Waals surface area contributed by atoms with E-state index in [1.165, 1.54) is 0 Å². The summed E-state index contributed by atoms with van der Waals surface area (Å²) in [6, 6.07) is 12.9. The van der Waals surface area contributed by atoms with Crippen LogP contribution in [0.1, 0.15) is 48.2 Å². The molecular weight excluding hydrogens is 418 g/mol. The van der Waals surface area contributed by atoms with E-state index in [0.29, 0.717) is 43.1 Å². The summed E-state index contributed by atoms with van der Waals surface area (Å²) >= 11 is 0. The molecule has 1 aliphatic rings. The van der Waals surface area contributed by atoms with Crippen molar-refractivity contribution in [1.29, 1.82) is 5.26 Å². The lowest BCUT2D eigenvalue weighted by Crippen LogP contribution is -2.46. The zero-order valence-corrected chi connectivity index (χ0v) is 18.9. The molecule has 8 heteroatoms. The standard InChI is InChI=1S/C25H29N5O3/c1-3-21(27)25(31)29-22-8-9-32-23-7-6-19(11-20(22)23)33-24-10-17(4-5-18(24)12-26)14-30-15-28-13-16(30)2/h4-7,10-11,13,15,21-22,25,29,31H,3,8-9,14,27H2,1-2H3/t21-,22?,25?/m1/s1. The predicted molar refractivity (Wildman–Crippen MR) is 124 cm³/mol. The van der Waals surface area contributed by atoms with Crippen LogP contribution < -0.4 is 20.5 Å². The van der Waals surface area contributed by atoms with E-state index in [-0.39, 0.29) is 12.1 Å². The van der Waals surface area contributed by atoms with Gasteiger partial charge in [-0.2, -0.15) is 5.26 Å². The summed E-state index contributed by atoms with van der Waals surface area (Å²) in [5, 5.41) is 23.2. The maximum Gasteiger partial charge on any atom is 0.145 e. The molecule has 1 aliphatic heterocycles. The number of nitriles is 1. The van der Waals surface area contributed by atoms with Crippen molar-refractivity contribution in [3.05, 3.63) is 71.3 Å². The second kappa shape index (κ2) is 10.0. The van der Waals surface area contributed by atoms with E-state index in [0.717, 1.165) is 22.6 Å². The summed E-state index contributed by atoms with van der Waals surface area (Å²) in [6.07, 6.45) is 4.14. The van der Waals surface area contributed by atoms with E-state index < -0.39 is 6.23 Å². The van der Waals surface area contributed by atoms with Crippen LogP contribution in [0.3, 0.4) is 0 Å². The second-order valence-corrected chi connectivity index (χ2v) is 8.28. The van der Waals surface area contributed by atoms with Gasteiger partial charge in [-0.1, -0.05) is 13.0 Å². The number of fused-ring (bicyclic) bond motifs is 1. The number of nitrogens with zero attached hydrogens (tertiary/aromatic N) is 3. The van der Waals surface area contributed by atoms with Crippen molar-refractivity contribution in [1.82, 2.24) is 14.9 Å². The van der Waals surface area contributed by atoms with Gasteiger partial charge in [-0.15, -0.1) is 0 Å². The minimum Gasteiger partial charge on any atom is -0.493 e. The molecular formula is C25H29N5O3. The fraction of sp³-hybridized carbons (Fsp3) is 0.360. The molecule has 0 bridgehead atoms. The first-order valence-electron chi connectivity index (χ1n) is 11.1. The molecule has 1 aromatic heterocycles. The molecule has 3 aromatic rings. The number of ether oxygens (including phenoxy) is 2. The largest absolute Gasteiger partial charge is 0.493 e. The van der Waals surface area contributed by atoms with Crippen molar-refractivity contribution in [3.8, 4) is 23.3 Å². The van der Waals surface area contributed by atoms with Crippen LogP contribution >= 0.6 is 0 Å². The highest BCUT2D eigenvalue weighted by Crippen LogP contribution is 2.37. The van der Waals surface area contributed by atoms with Crippen LogP contribution in [0.15, 0.2) is 48.9 Å². The van der Waals surface area contributed by atoms with Gasteiger partial charge in [0.25, 0.3) is 0 Å². The van der Waals surface area contributed by atoms with Crippen LogP contribution in [0.25, 0.3) is 0 Å². The normalized spacial score (nSPS) is 16.9. The molecule has 33 heavy (non-hydrogen) atoms.